The van der Waals surface area contributed by atoms with Crippen LogP contribution < -0.4 is 4.90 Å². The molecule has 0 heterocycles. The third kappa shape index (κ3) is 4.45. The highest BCUT2D eigenvalue weighted by Crippen LogP contribution is 2.29. The van der Waals surface area contributed by atoms with Gasteiger partial charge in [0.05, 0.1) is 0 Å². The van der Waals surface area contributed by atoms with Crippen LogP contribution in [0, 0.1) is 0 Å². The molecular weight excluding hydrogens is 326 g/mol. The Balaban J connectivity index is 1.88. The molecule has 3 rings (SSSR count). The van der Waals surface area contributed by atoms with E-state index in [-0.39, 0.29) is 0 Å². The van der Waals surface area contributed by atoms with Crippen LogP contribution in [0.1, 0.15) is 12.5 Å². The molecule has 0 aliphatic heterocycles. The zero-order chi connectivity index (χ0) is 19.1. The summed E-state index contributed by atoms with van der Waals surface area (Å²) in [5.41, 5.74) is 7.11. The second kappa shape index (κ2) is 8.86. The van der Waals surface area contributed by atoms with E-state index in [4.69, 9.17) is 0 Å². The summed E-state index contributed by atoms with van der Waals surface area (Å²) in [6, 6.07) is 27.7. The quantitative estimate of drug-likeness (QED) is 0.422. The maximum Gasteiger partial charge on any atom is 0.0414 e. The van der Waals surface area contributed by atoms with E-state index in [1.807, 2.05) is 31.2 Å². The minimum atomic E-state index is 1.15. The Hall–Kier alpha value is -3.32. The number of allylic oxidation sites excluding steroid dienone is 5. The smallest absolute Gasteiger partial charge is 0.0414 e. The van der Waals surface area contributed by atoms with Crippen LogP contribution >= 0.6 is 0 Å². The fraction of sp³-hybridized carbons (Fsp3) is 0.0769. The van der Waals surface area contributed by atoms with Crippen molar-refractivity contribution in [1.82, 2.24) is 0 Å². The predicted molar refractivity (Wildman–Crippen MR) is 119 cm³/mol. The van der Waals surface area contributed by atoms with Crippen molar-refractivity contribution in [3.05, 3.63) is 115 Å². The summed E-state index contributed by atoms with van der Waals surface area (Å²) < 4.78 is 0. The highest BCUT2D eigenvalue weighted by atomic mass is 15.1. The molecule has 1 nitrogen and oxygen atoms in total. The molecule has 0 aliphatic carbocycles. The average Bonchev–Trinajstić information content (AvgIpc) is 2.74. The van der Waals surface area contributed by atoms with Crippen molar-refractivity contribution in [3.8, 4) is 11.1 Å². The molecule has 0 saturated carbocycles. The van der Waals surface area contributed by atoms with Crippen LogP contribution in [0.25, 0.3) is 16.7 Å². The standard InChI is InChI=1S/C26H25N/c1-4-10-21(11-5-2)24-14-9-15-26(20-24)27(3)25-18-16-23(17-19-25)22-12-7-6-8-13-22/h4-20H,1H2,2-3H3/b11-5-,21-10+. The van der Waals surface area contributed by atoms with Gasteiger partial charge in [0.1, 0.15) is 0 Å². The molecule has 0 N–H and O–H groups in total. The third-order valence-corrected chi connectivity index (χ3v) is 4.57. The number of benzene rings is 3. The van der Waals surface area contributed by atoms with Crippen molar-refractivity contribution in [2.75, 3.05) is 11.9 Å². The molecule has 134 valence electrons. The van der Waals surface area contributed by atoms with Gasteiger partial charge in [-0.2, -0.15) is 0 Å². The van der Waals surface area contributed by atoms with E-state index in [1.165, 1.54) is 16.7 Å². The zero-order valence-corrected chi connectivity index (χ0v) is 16.0. The molecule has 0 atom stereocenters. The third-order valence-electron chi connectivity index (χ3n) is 4.57. The molecular formula is C26H25N. The number of hydrogen-bond acceptors (Lipinski definition) is 1. The Bertz CT molecular complexity index is 947. The Kier molecular flexibility index (Phi) is 6.06. The first-order chi connectivity index (χ1) is 13.2. The van der Waals surface area contributed by atoms with Gasteiger partial charge in [-0.1, -0.05) is 85.5 Å². The first-order valence-electron chi connectivity index (χ1n) is 9.18. The van der Waals surface area contributed by atoms with Crippen LogP contribution in [0.3, 0.4) is 0 Å². The van der Waals surface area contributed by atoms with Gasteiger partial charge in [-0.05, 0) is 53.5 Å². The summed E-state index contributed by atoms with van der Waals surface area (Å²) in [4.78, 5) is 2.21. The van der Waals surface area contributed by atoms with E-state index < -0.39 is 0 Å². The molecule has 0 aliphatic rings. The molecule has 0 saturated heterocycles. The summed E-state index contributed by atoms with van der Waals surface area (Å²) in [7, 11) is 2.10. The van der Waals surface area contributed by atoms with Crippen molar-refractivity contribution in [2.45, 2.75) is 6.92 Å². The Morgan fingerprint density at radius 2 is 1.52 bits per heavy atom. The zero-order valence-electron chi connectivity index (χ0n) is 16.0. The summed E-state index contributed by atoms with van der Waals surface area (Å²) in [6.07, 6.45) is 8.02. The van der Waals surface area contributed by atoms with Gasteiger partial charge in [0.2, 0.25) is 0 Å². The molecule has 3 aromatic carbocycles. The van der Waals surface area contributed by atoms with Gasteiger partial charge in [0, 0.05) is 18.4 Å². The van der Waals surface area contributed by atoms with Gasteiger partial charge >= 0.3 is 0 Å². The Morgan fingerprint density at radius 3 is 2.19 bits per heavy atom. The molecule has 0 unspecified atom stereocenters. The van der Waals surface area contributed by atoms with Crippen LogP contribution in [0.4, 0.5) is 11.4 Å². The lowest BCUT2D eigenvalue weighted by molar-refractivity contribution is 1.21. The van der Waals surface area contributed by atoms with Crippen LogP contribution in [0.2, 0.25) is 0 Å². The Labute approximate surface area is 162 Å². The Morgan fingerprint density at radius 1 is 0.815 bits per heavy atom. The van der Waals surface area contributed by atoms with E-state index >= 15 is 0 Å². The van der Waals surface area contributed by atoms with Gasteiger partial charge in [-0.15, -0.1) is 0 Å². The van der Waals surface area contributed by atoms with E-state index in [2.05, 4.69) is 97.4 Å². The minimum absolute atomic E-state index is 1.15. The molecule has 0 bridgehead atoms. The molecule has 1 heteroatoms. The predicted octanol–water partition coefficient (Wildman–Crippen LogP) is 7.27. The van der Waals surface area contributed by atoms with Crippen LogP contribution in [0.15, 0.2) is 110 Å². The molecule has 0 radical (unpaired) electrons. The van der Waals surface area contributed by atoms with Gasteiger partial charge in [0.15, 0.2) is 0 Å². The second-order valence-electron chi connectivity index (χ2n) is 6.38. The monoisotopic (exact) mass is 351 g/mol. The fourth-order valence-corrected chi connectivity index (χ4v) is 3.11. The fourth-order valence-electron chi connectivity index (χ4n) is 3.11. The van der Waals surface area contributed by atoms with E-state index in [0.717, 1.165) is 16.9 Å². The summed E-state index contributed by atoms with van der Waals surface area (Å²) >= 11 is 0. The topological polar surface area (TPSA) is 3.24 Å². The van der Waals surface area contributed by atoms with Crippen LogP contribution in [-0.4, -0.2) is 7.05 Å². The maximum absolute atomic E-state index is 3.83. The molecule has 0 amide bonds. The lowest BCUT2D eigenvalue weighted by Gasteiger charge is -2.21. The normalized spacial score (nSPS) is 11.6. The van der Waals surface area contributed by atoms with Gasteiger partial charge in [-0.3, -0.25) is 0 Å². The number of nitrogens with zero attached hydrogens (tertiary/aromatic N) is 1. The van der Waals surface area contributed by atoms with Crippen LogP contribution in [-0.2, 0) is 0 Å². The largest absolute Gasteiger partial charge is 0.345 e. The van der Waals surface area contributed by atoms with Crippen LogP contribution in [0.5, 0.6) is 0 Å². The highest BCUT2D eigenvalue weighted by Gasteiger charge is 2.07. The SMILES string of the molecule is C=C/C=C(\C=C/C)c1cccc(N(C)c2ccc(-c3ccccc3)cc2)c1. The lowest BCUT2D eigenvalue weighted by Crippen LogP contribution is -2.09. The van der Waals surface area contributed by atoms with E-state index in [9.17, 15) is 0 Å². The highest BCUT2D eigenvalue weighted by molar-refractivity contribution is 5.78. The van der Waals surface area contributed by atoms with Crippen molar-refractivity contribution < 1.29 is 0 Å². The first-order valence-corrected chi connectivity index (χ1v) is 9.18. The minimum Gasteiger partial charge on any atom is -0.345 e. The second-order valence-corrected chi connectivity index (χ2v) is 6.38. The van der Waals surface area contributed by atoms with E-state index in [1.54, 1.807) is 0 Å². The number of rotatable bonds is 6. The van der Waals surface area contributed by atoms with Crippen molar-refractivity contribution in [3.63, 3.8) is 0 Å². The maximum atomic E-state index is 3.83. The average molecular weight is 351 g/mol. The molecule has 3 aromatic rings. The van der Waals surface area contributed by atoms with E-state index in [0.29, 0.717) is 0 Å². The summed E-state index contributed by atoms with van der Waals surface area (Å²) in [5, 5.41) is 0. The van der Waals surface area contributed by atoms with Crippen molar-refractivity contribution >= 4 is 16.9 Å². The summed E-state index contributed by atoms with van der Waals surface area (Å²) in [6.45, 7) is 5.85. The summed E-state index contributed by atoms with van der Waals surface area (Å²) in [5.74, 6) is 0. The van der Waals surface area contributed by atoms with Crippen molar-refractivity contribution in [1.29, 1.82) is 0 Å². The van der Waals surface area contributed by atoms with Gasteiger partial charge in [0.25, 0.3) is 0 Å². The van der Waals surface area contributed by atoms with Crippen molar-refractivity contribution in [2.24, 2.45) is 0 Å². The molecule has 0 fully saturated rings. The number of hydrogen-bond donors (Lipinski definition) is 0. The lowest BCUT2D eigenvalue weighted by atomic mass is 10.0. The van der Waals surface area contributed by atoms with Gasteiger partial charge in [-0.25, -0.2) is 0 Å². The molecule has 0 aromatic heterocycles. The van der Waals surface area contributed by atoms with Gasteiger partial charge < -0.3 is 4.90 Å². The molecule has 27 heavy (non-hydrogen) atoms. The first kappa shape index (κ1) is 18.5. The molecule has 0 spiro atoms. The number of anilines is 2.